The molecule has 0 atom stereocenters. The Morgan fingerprint density at radius 3 is 1.96 bits per heavy atom. The van der Waals surface area contributed by atoms with E-state index >= 15 is 0 Å². The molecule has 1 aliphatic rings. The van der Waals surface area contributed by atoms with E-state index in [0.717, 1.165) is 27.7 Å². The van der Waals surface area contributed by atoms with Crippen LogP contribution in [0.3, 0.4) is 0 Å². The highest BCUT2D eigenvalue weighted by Gasteiger charge is 2.40. The molecule has 1 saturated carbocycles. The monoisotopic (exact) mass is 809 g/mol. The number of rotatable bonds is 9. The number of alkyl halides is 6. The van der Waals surface area contributed by atoms with Crippen LogP contribution in [0.15, 0.2) is 72.9 Å². The van der Waals surface area contributed by atoms with E-state index in [0.29, 0.717) is 49.3 Å². The standard InChI is InChI=1S/C33H35N5O5.2C2HF3O2/c1-21-13-16-34-29(17-21)32(41)36-25-11-14-33(15-12-25,19-30(39)38-42)37-31(40)23-7-9-26(10-8-23)43-20-24-18-22(2)35-28-6-4-3-5-27(24)28;2*3-2(4,5)1(6)7/h3-10,13,16-18,25,42H,11-12,14-15,19-20H2,1-2H3,(H,36,41)(H,37,40)(H,38,39);2*(H,6,7)/t25-,33-;;. The number of hydrogen-bond donors (Lipinski definition) is 6. The molecule has 20 heteroatoms. The van der Waals surface area contributed by atoms with E-state index in [1.165, 1.54) is 0 Å². The van der Waals surface area contributed by atoms with E-state index in [-0.39, 0.29) is 24.3 Å². The van der Waals surface area contributed by atoms with Crippen LogP contribution >= 0.6 is 0 Å². The van der Waals surface area contributed by atoms with Gasteiger partial charge in [0.2, 0.25) is 5.91 Å². The van der Waals surface area contributed by atoms with Crippen LogP contribution in [0, 0.1) is 13.8 Å². The number of fused-ring (bicyclic) bond motifs is 1. The number of pyridine rings is 2. The normalized spacial score (nSPS) is 16.4. The van der Waals surface area contributed by atoms with Crippen LogP contribution in [0.5, 0.6) is 5.75 Å². The first-order chi connectivity index (χ1) is 26.6. The molecular weight excluding hydrogens is 772 g/mol. The maximum Gasteiger partial charge on any atom is 0.490 e. The van der Waals surface area contributed by atoms with E-state index in [4.69, 9.17) is 24.5 Å². The number of aliphatic carboxylic acids is 2. The third-order valence-electron chi connectivity index (χ3n) is 8.35. The van der Waals surface area contributed by atoms with Gasteiger partial charge in [0.05, 0.1) is 11.9 Å². The van der Waals surface area contributed by atoms with Crippen molar-refractivity contribution in [1.82, 2.24) is 26.1 Å². The summed E-state index contributed by atoms with van der Waals surface area (Å²) >= 11 is 0. The van der Waals surface area contributed by atoms with E-state index in [2.05, 4.69) is 20.6 Å². The maximum absolute atomic E-state index is 13.3. The number of halogens is 6. The Morgan fingerprint density at radius 1 is 0.842 bits per heavy atom. The number of nitrogens with zero attached hydrogens (tertiary/aromatic N) is 2. The van der Waals surface area contributed by atoms with Crippen molar-refractivity contribution in [2.24, 2.45) is 0 Å². The molecule has 14 nitrogen and oxygen atoms in total. The van der Waals surface area contributed by atoms with Crippen molar-refractivity contribution in [2.75, 3.05) is 0 Å². The summed E-state index contributed by atoms with van der Waals surface area (Å²) in [6.07, 6.45) is -6.67. The number of para-hydroxylation sites is 1. The summed E-state index contributed by atoms with van der Waals surface area (Å²) in [5.41, 5.74) is 5.37. The van der Waals surface area contributed by atoms with Crippen LogP contribution in [0.4, 0.5) is 26.3 Å². The molecule has 4 aromatic rings. The first-order valence-corrected chi connectivity index (χ1v) is 16.8. The summed E-state index contributed by atoms with van der Waals surface area (Å²) in [4.78, 5) is 64.7. The average molecular weight is 810 g/mol. The molecule has 0 saturated heterocycles. The van der Waals surface area contributed by atoms with Gasteiger partial charge in [-0.3, -0.25) is 29.6 Å². The van der Waals surface area contributed by atoms with Crippen LogP contribution < -0.4 is 20.9 Å². The molecule has 2 heterocycles. The minimum atomic E-state index is -5.08. The third-order valence-corrected chi connectivity index (χ3v) is 8.35. The molecule has 0 spiro atoms. The van der Waals surface area contributed by atoms with E-state index in [9.17, 15) is 45.9 Å². The van der Waals surface area contributed by atoms with Crippen LogP contribution in [0.2, 0.25) is 0 Å². The molecule has 0 bridgehead atoms. The molecule has 6 N–H and O–H groups in total. The summed E-state index contributed by atoms with van der Waals surface area (Å²) in [7, 11) is 0. The molecule has 0 radical (unpaired) electrons. The number of aromatic nitrogens is 2. The fourth-order valence-electron chi connectivity index (χ4n) is 5.62. The van der Waals surface area contributed by atoms with Crippen molar-refractivity contribution < 1.29 is 70.5 Å². The number of benzene rings is 2. The molecule has 2 aromatic heterocycles. The molecule has 2 aromatic carbocycles. The number of carboxylic acid groups (broad SMARTS) is 2. The molecule has 0 unspecified atom stereocenters. The van der Waals surface area contributed by atoms with Gasteiger partial charge in [-0.2, -0.15) is 26.3 Å². The van der Waals surface area contributed by atoms with Gasteiger partial charge in [-0.15, -0.1) is 0 Å². The van der Waals surface area contributed by atoms with Crippen LogP contribution in [0.25, 0.3) is 10.9 Å². The highest BCUT2D eigenvalue weighted by molar-refractivity contribution is 5.95. The fraction of sp³-hybridized carbons (Fsp3) is 0.324. The van der Waals surface area contributed by atoms with Gasteiger partial charge in [0.25, 0.3) is 11.8 Å². The zero-order valence-electron chi connectivity index (χ0n) is 30.2. The largest absolute Gasteiger partial charge is 0.490 e. The predicted molar refractivity (Wildman–Crippen MR) is 188 cm³/mol. The highest BCUT2D eigenvalue weighted by Crippen LogP contribution is 2.32. The van der Waals surface area contributed by atoms with Crippen LogP contribution in [0.1, 0.15) is 69.8 Å². The molecule has 1 fully saturated rings. The number of carbonyl (C=O) groups excluding carboxylic acids is 3. The van der Waals surface area contributed by atoms with Gasteiger partial charge in [0.1, 0.15) is 18.1 Å². The Hall–Kier alpha value is -6.31. The van der Waals surface area contributed by atoms with E-state index in [1.807, 2.05) is 50.2 Å². The van der Waals surface area contributed by atoms with Crippen molar-refractivity contribution >= 4 is 40.6 Å². The summed E-state index contributed by atoms with van der Waals surface area (Å²) in [6, 6.07) is 20.2. The van der Waals surface area contributed by atoms with Gasteiger partial charge in [-0.25, -0.2) is 15.1 Å². The second-order valence-electron chi connectivity index (χ2n) is 12.8. The van der Waals surface area contributed by atoms with Gasteiger partial charge in [-0.05, 0) is 93.6 Å². The van der Waals surface area contributed by atoms with Crippen LogP contribution in [-0.2, 0) is 21.0 Å². The van der Waals surface area contributed by atoms with Gasteiger partial charge in [0.15, 0.2) is 0 Å². The summed E-state index contributed by atoms with van der Waals surface area (Å²) in [5.74, 6) is -6.08. The zero-order valence-corrected chi connectivity index (χ0v) is 30.2. The fourth-order valence-corrected chi connectivity index (χ4v) is 5.62. The maximum atomic E-state index is 13.3. The van der Waals surface area contributed by atoms with E-state index in [1.54, 1.807) is 42.0 Å². The molecule has 1 aliphatic carbocycles. The van der Waals surface area contributed by atoms with Gasteiger partial charge >= 0.3 is 24.3 Å². The lowest BCUT2D eigenvalue weighted by Gasteiger charge is -2.40. The SMILES string of the molecule is Cc1ccnc(C(=O)N[C@H]2CC[C@](CC(=O)NO)(NC(=O)c3ccc(OCc4cc(C)nc5ccccc45)cc3)CC2)c1.O=C(O)C(F)(F)F.O=C(O)C(F)(F)F. The average Bonchev–Trinajstić information content (AvgIpc) is 3.14. The summed E-state index contributed by atoms with van der Waals surface area (Å²) < 4.78 is 69.5. The van der Waals surface area contributed by atoms with Crippen molar-refractivity contribution in [1.29, 1.82) is 0 Å². The lowest BCUT2D eigenvalue weighted by molar-refractivity contribution is -0.193. The molecular formula is C37H37F6N5O9. The van der Waals surface area contributed by atoms with E-state index < -0.39 is 35.7 Å². The Morgan fingerprint density at radius 2 is 1.42 bits per heavy atom. The topological polar surface area (TPSA) is 217 Å². The highest BCUT2D eigenvalue weighted by atomic mass is 19.4. The van der Waals surface area contributed by atoms with Gasteiger partial charge in [0, 0.05) is 40.0 Å². The minimum absolute atomic E-state index is 0.0875. The molecule has 57 heavy (non-hydrogen) atoms. The number of carboxylic acids is 2. The second kappa shape index (κ2) is 19.5. The van der Waals surface area contributed by atoms with Gasteiger partial charge in [-0.1, -0.05) is 18.2 Å². The summed E-state index contributed by atoms with van der Waals surface area (Å²) in [6.45, 7) is 4.20. The third kappa shape index (κ3) is 14.0. The lowest BCUT2D eigenvalue weighted by atomic mass is 9.76. The number of aryl methyl sites for hydroxylation is 2. The summed E-state index contributed by atoms with van der Waals surface area (Å²) in [5, 5.41) is 30.5. The number of amides is 3. The number of ether oxygens (including phenoxy) is 1. The first-order valence-electron chi connectivity index (χ1n) is 16.8. The van der Waals surface area contributed by atoms with Gasteiger partial charge < -0.3 is 25.6 Å². The Balaban J connectivity index is 0.000000531. The minimum Gasteiger partial charge on any atom is -0.489 e. The Labute approximate surface area is 320 Å². The molecule has 0 aliphatic heterocycles. The van der Waals surface area contributed by atoms with Crippen molar-refractivity contribution in [3.63, 3.8) is 0 Å². The smallest absolute Gasteiger partial charge is 0.489 e. The number of hydroxylamine groups is 1. The number of hydrogen-bond acceptors (Lipinski definition) is 9. The molecule has 306 valence electrons. The predicted octanol–water partition coefficient (Wildman–Crippen LogP) is 5.83. The first kappa shape index (κ1) is 45.1. The Kier molecular flexibility index (Phi) is 15.4. The zero-order chi connectivity index (χ0) is 42.6. The second-order valence-corrected chi connectivity index (χ2v) is 12.8. The lowest BCUT2D eigenvalue weighted by Crippen LogP contribution is -2.55. The molecule has 5 rings (SSSR count). The van der Waals surface area contributed by atoms with Crippen molar-refractivity contribution in [3.05, 3.63) is 101 Å². The van der Waals surface area contributed by atoms with Crippen molar-refractivity contribution in [2.45, 2.75) is 76.5 Å². The molecule has 3 amide bonds. The van der Waals surface area contributed by atoms with Crippen LogP contribution in [-0.4, -0.2) is 79.0 Å². The Bertz CT molecular complexity index is 2030. The number of carbonyl (C=O) groups is 5. The van der Waals surface area contributed by atoms with Crippen molar-refractivity contribution in [3.8, 4) is 5.75 Å². The quantitative estimate of drug-likeness (QED) is 0.0672. The number of nitrogens with one attached hydrogen (secondary N) is 3.